The number of nitrogens with two attached hydrogens (primary N) is 1. The van der Waals surface area contributed by atoms with Gasteiger partial charge in [-0.25, -0.2) is 4.68 Å². The molecule has 3 N–H and O–H groups in total. The standard InChI is InChI=1S/C23H18N4O2/c24-22(28)17-11-13-18(14-12-17)25-23(29)21-15-20(16-7-3-1-4-8-16)26-27(21)19-9-5-2-6-10-19/h1-15H,(H2,24,28)(H,25,29). The van der Waals surface area contributed by atoms with E-state index in [4.69, 9.17) is 5.73 Å². The summed E-state index contributed by atoms with van der Waals surface area (Å²) in [6.45, 7) is 0. The number of hydrogen-bond donors (Lipinski definition) is 2. The summed E-state index contributed by atoms with van der Waals surface area (Å²) in [4.78, 5) is 24.2. The number of aromatic nitrogens is 2. The van der Waals surface area contributed by atoms with Gasteiger partial charge in [-0.05, 0) is 42.5 Å². The molecule has 1 heterocycles. The Labute approximate surface area is 167 Å². The third-order valence-corrected chi connectivity index (χ3v) is 4.44. The number of rotatable bonds is 5. The third-order valence-electron chi connectivity index (χ3n) is 4.44. The Morgan fingerprint density at radius 1 is 0.828 bits per heavy atom. The van der Waals surface area contributed by atoms with Crippen LogP contribution in [0.2, 0.25) is 0 Å². The molecule has 0 spiro atoms. The zero-order valence-electron chi connectivity index (χ0n) is 15.4. The molecule has 0 aliphatic rings. The molecule has 0 saturated heterocycles. The molecule has 3 aromatic carbocycles. The van der Waals surface area contributed by atoms with Crippen molar-refractivity contribution in [1.82, 2.24) is 9.78 Å². The van der Waals surface area contributed by atoms with Gasteiger partial charge in [0.1, 0.15) is 5.69 Å². The number of anilines is 1. The molecule has 6 nitrogen and oxygen atoms in total. The van der Waals surface area contributed by atoms with E-state index in [9.17, 15) is 9.59 Å². The summed E-state index contributed by atoms with van der Waals surface area (Å²) in [5.41, 5.74) is 8.99. The summed E-state index contributed by atoms with van der Waals surface area (Å²) >= 11 is 0. The maximum Gasteiger partial charge on any atom is 0.274 e. The van der Waals surface area contributed by atoms with E-state index in [1.165, 1.54) is 0 Å². The highest BCUT2D eigenvalue weighted by molar-refractivity contribution is 6.04. The SMILES string of the molecule is NC(=O)c1ccc(NC(=O)c2cc(-c3ccccc3)nn2-c2ccccc2)cc1. The van der Waals surface area contributed by atoms with Gasteiger partial charge in [0.05, 0.1) is 11.4 Å². The average molecular weight is 382 g/mol. The van der Waals surface area contributed by atoms with Gasteiger partial charge in [0, 0.05) is 16.8 Å². The second kappa shape index (κ2) is 7.82. The molecule has 6 heteroatoms. The molecule has 2 amide bonds. The summed E-state index contributed by atoms with van der Waals surface area (Å²) in [6.07, 6.45) is 0. The normalized spacial score (nSPS) is 10.5. The van der Waals surface area contributed by atoms with Gasteiger partial charge in [-0.1, -0.05) is 48.5 Å². The minimum absolute atomic E-state index is 0.310. The molecule has 0 saturated carbocycles. The minimum atomic E-state index is -0.516. The van der Waals surface area contributed by atoms with Gasteiger partial charge in [-0.2, -0.15) is 5.10 Å². The van der Waals surface area contributed by atoms with Crippen LogP contribution in [0.5, 0.6) is 0 Å². The van der Waals surface area contributed by atoms with Crippen LogP contribution in [0.4, 0.5) is 5.69 Å². The largest absolute Gasteiger partial charge is 0.366 e. The zero-order chi connectivity index (χ0) is 20.2. The van der Waals surface area contributed by atoms with Crippen LogP contribution in [-0.2, 0) is 0 Å². The van der Waals surface area contributed by atoms with Crippen LogP contribution in [0.15, 0.2) is 91.0 Å². The first-order valence-electron chi connectivity index (χ1n) is 9.04. The number of para-hydroxylation sites is 1. The summed E-state index contributed by atoms with van der Waals surface area (Å²) in [5.74, 6) is -0.826. The molecule has 4 aromatic rings. The van der Waals surface area contributed by atoms with Crippen molar-refractivity contribution in [3.8, 4) is 16.9 Å². The summed E-state index contributed by atoms with van der Waals surface area (Å²) in [7, 11) is 0. The third kappa shape index (κ3) is 3.91. The van der Waals surface area contributed by atoms with Crippen LogP contribution in [-0.4, -0.2) is 21.6 Å². The van der Waals surface area contributed by atoms with Crippen molar-refractivity contribution in [2.45, 2.75) is 0 Å². The predicted molar refractivity (Wildman–Crippen MR) is 112 cm³/mol. The number of amides is 2. The van der Waals surface area contributed by atoms with Crippen LogP contribution in [0.3, 0.4) is 0 Å². The molecular formula is C23H18N4O2. The number of carbonyl (C=O) groups excluding carboxylic acids is 2. The van der Waals surface area contributed by atoms with Crippen molar-refractivity contribution in [3.63, 3.8) is 0 Å². The first kappa shape index (κ1) is 18.2. The molecule has 0 bridgehead atoms. The Bertz CT molecular complexity index is 1150. The lowest BCUT2D eigenvalue weighted by molar-refractivity contribution is 0.0997. The van der Waals surface area contributed by atoms with E-state index in [0.717, 1.165) is 11.3 Å². The Morgan fingerprint density at radius 3 is 2.07 bits per heavy atom. The molecule has 0 aliphatic carbocycles. The van der Waals surface area contributed by atoms with Gasteiger partial charge < -0.3 is 11.1 Å². The number of nitrogens with zero attached hydrogens (tertiary/aromatic N) is 2. The molecule has 0 atom stereocenters. The van der Waals surface area contributed by atoms with Gasteiger partial charge in [-0.3, -0.25) is 9.59 Å². The molecule has 0 aliphatic heterocycles. The maximum atomic E-state index is 13.0. The average Bonchev–Trinajstić information content (AvgIpc) is 3.21. The van der Waals surface area contributed by atoms with E-state index in [1.54, 1.807) is 35.0 Å². The smallest absolute Gasteiger partial charge is 0.274 e. The van der Waals surface area contributed by atoms with E-state index in [1.807, 2.05) is 60.7 Å². The zero-order valence-corrected chi connectivity index (χ0v) is 15.4. The van der Waals surface area contributed by atoms with Crippen LogP contribution in [0.1, 0.15) is 20.8 Å². The second-order valence-corrected chi connectivity index (χ2v) is 6.42. The monoisotopic (exact) mass is 382 g/mol. The molecule has 0 unspecified atom stereocenters. The molecule has 1 aromatic heterocycles. The Balaban J connectivity index is 1.70. The lowest BCUT2D eigenvalue weighted by Crippen LogP contribution is -2.17. The highest BCUT2D eigenvalue weighted by Crippen LogP contribution is 2.22. The van der Waals surface area contributed by atoms with E-state index in [0.29, 0.717) is 22.6 Å². The molecule has 0 radical (unpaired) electrons. The maximum absolute atomic E-state index is 13.0. The highest BCUT2D eigenvalue weighted by atomic mass is 16.2. The van der Waals surface area contributed by atoms with Gasteiger partial charge in [-0.15, -0.1) is 0 Å². The van der Waals surface area contributed by atoms with Crippen LogP contribution < -0.4 is 11.1 Å². The molecule has 29 heavy (non-hydrogen) atoms. The van der Waals surface area contributed by atoms with E-state index in [2.05, 4.69) is 10.4 Å². The van der Waals surface area contributed by atoms with Gasteiger partial charge in [0.2, 0.25) is 5.91 Å². The lowest BCUT2D eigenvalue weighted by atomic mass is 10.1. The fourth-order valence-corrected chi connectivity index (χ4v) is 2.97. The highest BCUT2D eigenvalue weighted by Gasteiger charge is 2.18. The number of primary amides is 1. The molecule has 142 valence electrons. The summed E-state index contributed by atoms with van der Waals surface area (Å²) in [6, 6.07) is 27.3. The molecular weight excluding hydrogens is 364 g/mol. The van der Waals surface area contributed by atoms with Gasteiger partial charge in [0.15, 0.2) is 0 Å². The Kier molecular flexibility index (Phi) is 4.90. The predicted octanol–water partition coefficient (Wildman–Crippen LogP) is 3.89. The quantitative estimate of drug-likeness (QED) is 0.549. The van der Waals surface area contributed by atoms with Crippen LogP contribution >= 0.6 is 0 Å². The number of carbonyl (C=O) groups is 2. The van der Waals surface area contributed by atoms with Crippen LogP contribution in [0.25, 0.3) is 16.9 Å². The topological polar surface area (TPSA) is 90.0 Å². The van der Waals surface area contributed by atoms with Gasteiger partial charge >= 0.3 is 0 Å². The Morgan fingerprint density at radius 2 is 1.45 bits per heavy atom. The fraction of sp³-hybridized carbons (Fsp3) is 0. The number of nitrogens with one attached hydrogen (secondary N) is 1. The minimum Gasteiger partial charge on any atom is -0.366 e. The van der Waals surface area contributed by atoms with Crippen molar-refractivity contribution < 1.29 is 9.59 Å². The van der Waals surface area contributed by atoms with Crippen molar-refractivity contribution in [3.05, 3.63) is 102 Å². The first-order chi connectivity index (χ1) is 14.1. The first-order valence-corrected chi connectivity index (χ1v) is 9.04. The summed E-state index contributed by atoms with van der Waals surface area (Å²) in [5, 5.41) is 7.49. The fourth-order valence-electron chi connectivity index (χ4n) is 2.97. The molecule has 4 rings (SSSR count). The van der Waals surface area contributed by atoms with Crippen molar-refractivity contribution >= 4 is 17.5 Å². The van der Waals surface area contributed by atoms with E-state index in [-0.39, 0.29) is 5.91 Å². The van der Waals surface area contributed by atoms with E-state index < -0.39 is 5.91 Å². The van der Waals surface area contributed by atoms with E-state index >= 15 is 0 Å². The van der Waals surface area contributed by atoms with Crippen molar-refractivity contribution in [2.24, 2.45) is 5.73 Å². The Hall–Kier alpha value is -4.19. The summed E-state index contributed by atoms with van der Waals surface area (Å²) < 4.78 is 1.62. The van der Waals surface area contributed by atoms with Crippen molar-refractivity contribution in [1.29, 1.82) is 0 Å². The van der Waals surface area contributed by atoms with Gasteiger partial charge in [0.25, 0.3) is 5.91 Å². The number of benzene rings is 3. The lowest BCUT2D eigenvalue weighted by Gasteiger charge is -2.08. The molecule has 0 fully saturated rings. The van der Waals surface area contributed by atoms with Crippen LogP contribution in [0, 0.1) is 0 Å². The second-order valence-electron chi connectivity index (χ2n) is 6.42. The number of hydrogen-bond acceptors (Lipinski definition) is 3. The van der Waals surface area contributed by atoms with Crippen molar-refractivity contribution in [2.75, 3.05) is 5.32 Å².